The van der Waals surface area contributed by atoms with Gasteiger partial charge in [0.05, 0.1) is 36.8 Å². The van der Waals surface area contributed by atoms with Crippen LogP contribution in [-0.4, -0.2) is 55.8 Å². The first-order chi connectivity index (χ1) is 8.49. The van der Waals surface area contributed by atoms with Gasteiger partial charge in [0, 0.05) is 23.9 Å². The van der Waals surface area contributed by atoms with Crippen LogP contribution in [0.15, 0.2) is 11.8 Å². The van der Waals surface area contributed by atoms with Gasteiger partial charge in [-0.3, -0.25) is 4.79 Å². The monoisotopic (exact) mass is 292 g/mol. The zero-order valence-corrected chi connectivity index (χ0v) is 13.1. The van der Waals surface area contributed by atoms with E-state index >= 15 is 0 Å². The number of amides is 1. The van der Waals surface area contributed by atoms with Crippen molar-refractivity contribution in [2.75, 3.05) is 26.4 Å². The van der Waals surface area contributed by atoms with Gasteiger partial charge < -0.3 is 14.4 Å². The van der Waals surface area contributed by atoms with Gasteiger partial charge in [-0.2, -0.15) is 0 Å². The van der Waals surface area contributed by atoms with Crippen molar-refractivity contribution in [1.82, 2.24) is 5.32 Å². The first-order valence-corrected chi connectivity index (χ1v) is 7.81. The maximum absolute atomic E-state index is 10.4. The van der Waals surface area contributed by atoms with E-state index in [4.69, 9.17) is 0 Å². The summed E-state index contributed by atoms with van der Waals surface area (Å²) in [5, 5.41) is 2.46. The fourth-order valence-corrected chi connectivity index (χ4v) is 1.88. The molecule has 1 aliphatic heterocycles. The molecule has 1 N–H and O–H groups in total. The molecular weight excluding hydrogens is 268 g/mol. The number of nitrogens with zero attached hydrogens (tertiary/aromatic N) is 1. The van der Waals surface area contributed by atoms with E-state index in [1.807, 2.05) is 27.9 Å². The van der Waals surface area contributed by atoms with E-state index in [0.717, 1.165) is 16.6 Å². The normalized spacial score (nSPS) is 16.5. The third kappa shape index (κ3) is 7.29. The minimum atomic E-state index is -4.05. The Hall–Kier alpha value is -0.920. The van der Waals surface area contributed by atoms with Crippen LogP contribution in [0.4, 0.5) is 0 Å². The molecule has 0 aliphatic carbocycles. The molecule has 0 radical (unpaired) electrons. The van der Waals surface area contributed by atoms with E-state index in [1.165, 1.54) is 0 Å². The van der Waals surface area contributed by atoms with Crippen molar-refractivity contribution in [3.63, 3.8) is 0 Å². The van der Waals surface area contributed by atoms with E-state index in [2.05, 4.69) is 5.32 Å². The quantitative estimate of drug-likeness (QED) is 0.588. The minimum Gasteiger partial charge on any atom is -0.748 e. The highest BCUT2D eigenvalue weighted by molar-refractivity contribution is 7.85. The Morgan fingerprint density at radius 3 is 2.11 bits per heavy atom. The molecule has 112 valence electrons. The molecule has 0 aromatic rings. The number of rotatable bonds is 5. The van der Waals surface area contributed by atoms with Crippen molar-refractivity contribution in [2.24, 2.45) is 0 Å². The second-order valence-corrected chi connectivity index (χ2v) is 6.82. The smallest absolute Gasteiger partial charge is 0.252 e. The van der Waals surface area contributed by atoms with E-state index in [9.17, 15) is 17.8 Å². The zero-order chi connectivity index (χ0) is 15.3. The lowest BCUT2D eigenvalue weighted by molar-refractivity contribution is -0.911. The van der Waals surface area contributed by atoms with Crippen LogP contribution in [0.25, 0.3) is 0 Å². The second-order valence-electron chi connectivity index (χ2n) is 5.30. The molecule has 1 amide bonds. The van der Waals surface area contributed by atoms with Gasteiger partial charge >= 0.3 is 0 Å². The molecule has 0 bridgehead atoms. The van der Waals surface area contributed by atoms with Crippen molar-refractivity contribution in [3.8, 4) is 0 Å². The summed E-state index contributed by atoms with van der Waals surface area (Å²) in [5.74, 6) is -0.203. The highest BCUT2D eigenvalue weighted by atomic mass is 32.2. The van der Waals surface area contributed by atoms with E-state index in [-0.39, 0.29) is 17.7 Å². The highest BCUT2D eigenvalue weighted by Crippen LogP contribution is 2.10. The number of nitrogens with one attached hydrogen (secondary N) is 1. The molecule has 7 heteroatoms. The number of hydrogen-bond donors (Lipinski definition) is 1. The van der Waals surface area contributed by atoms with Gasteiger partial charge in [0.25, 0.3) is 5.91 Å². The first-order valence-electron chi connectivity index (χ1n) is 6.23. The minimum absolute atomic E-state index is 0.0509. The molecular formula is C12H24N2O4S. The molecule has 1 aliphatic rings. The maximum atomic E-state index is 10.4. The summed E-state index contributed by atoms with van der Waals surface area (Å²) in [6.07, 6.45) is 2.12. The van der Waals surface area contributed by atoms with Crippen LogP contribution in [0.3, 0.4) is 0 Å². The van der Waals surface area contributed by atoms with Crippen LogP contribution in [0.5, 0.6) is 0 Å². The Bertz CT molecular complexity index is 441. The summed E-state index contributed by atoms with van der Waals surface area (Å²) in [6, 6.07) is 0.203. The lowest BCUT2D eigenvalue weighted by Crippen LogP contribution is -2.47. The standard InChI is InChI=1S/C8H19NO3S.C4H5NO/c1-5-9(3,4)8(2)6-7-13(10,11)12;1-3-2-5-4(3)6/h8H,5-7H2,1-4H3;2H,1H3,(H,5,6). The molecule has 1 unspecified atom stereocenters. The zero-order valence-electron chi connectivity index (χ0n) is 12.3. The second kappa shape index (κ2) is 7.02. The van der Waals surface area contributed by atoms with Gasteiger partial charge in [-0.15, -0.1) is 0 Å². The average molecular weight is 292 g/mol. The number of hydrogen-bond acceptors (Lipinski definition) is 4. The molecule has 0 aromatic heterocycles. The van der Waals surface area contributed by atoms with Gasteiger partial charge in [0.15, 0.2) is 0 Å². The van der Waals surface area contributed by atoms with Gasteiger partial charge in [-0.05, 0) is 20.8 Å². The number of carbonyl (C=O) groups is 1. The molecule has 1 atom stereocenters. The Balaban J connectivity index is 0.000000443. The van der Waals surface area contributed by atoms with E-state index in [0.29, 0.717) is 6.42 Å². The van der Waals surface area contributed by atoms with Crippen LogP contribution in [0, 0.1) is 0 Å². The molecule has 19 heavy (non-hydrogen) atoms. The van der Waals surface area contributed by atoms with Crippen molar-refractivity contribution in [1.29, 1.82) is 0 Å². The van der Waals surface area contributed by atoms with Crippen molar-refractivity contribution in [3.05, 3.63) is 11.8 Å². The average Bonchev–Trinajstić information content (AvgIpc) is 2.33. The predicted molar refractivity (Wildman–Crippen MR) is 73.2 cm³/mol. The third-order valence-corrected chi connectivity index (χ3v) is 4.31. The van der Waals surface area contributed by atoms with Crippen LogP contribution < -0.4 is 5.32 Å². The largest absolute Gasteiger partial charge is 0.748 e. The number of quaternary nitrogens is 1. The van der Waals surface area contributed by atoms with Crippen molar-refractivity contribution in [2.45, 2.75) is 33.2 Å². The summed E-state index contributed by atoms with van der Waals surface area (Å²) in [6.45, 7) is 6.72. The van der Waals surface area contributed by atoms with E-state index in [1.54, 1.807) is 13.1 Å². The Kier molecular flexibility index (Phi) is 6.68. The maximum Gasteiger partial charge on any atom is 0.252 e. The SMILES string of the molecule is CC1=CNC1=O.CC[N+](C)(C)C(C)CCS(=O)(=O)[O-]. The number of carbonyl (C=O) groups excluding carboxylic acids is 1. The molecule has 1 rings (SSSR count). The molecule has 0 spiro atoms. The van der Waals surface area contributed by atoms with Gasteiger partial charge in [-0.25, -0.2) is 8.42 Å². The van der Waals surface area contributed by atoms with Crippen LogP contribution >= 0.6 is 0 Å². The van der Waals surface area contributed by atoms with Gasteiger partial charge in [0.2, 0.25) is 0 Å². The van der Waals surface area contributed by atoms with E-state index < -0.39 is 10.1 Å². The molecule has 0 aromatic carbocycles. The molecule has 0 saturated carbocycles. The summed E-state index contributed by atoms with van der Waals surface area (Å²) in [4.78, 5) is 10.1. The summed E-state index contributed by atoms with van der Waals surface area (Å²) >= 11 is 0. The fraction of sp³-hybridized carbons (Fsp3) is 0.750. The lowest BCUT2D eigenvalue weighted by Gasteiger charge is -2.35. The topological polar surface area (TPSA) is 86.3 Å². The molecule has 0 fully saturated rings. The molecule has 6 nitrogen and oxygen atoms in total. The van der Waals surface area contributed by atoms with Gasteiger partial charge in [0.1, 0.15) is 0 Å². The Morgan fingerprint density at radius 2 is 1.89 bits per heavy atom. The Morgan fingerprint density at radius 1 is 1.42 bits per heavy atom. The van der Waals surface area contributed by atoms with Crippen molar-refractivity contribution >= 4 is 16.0 Å². The van der Waals surface area contributed by atoms with Gasteiger partial charge in [-0.1, -0.05) is 0 Å². The third-order valence-electron chi connectivity index (χ3n) is 3.57. The molecule has 1 heterocycles. The van der Waals surface area contributed by atoms with Crippen molar-refractivity contribution < 1.29 is 22.2 Å². The summed E-state index contributed by atoms with van der Waals surface area (Å²) in [7, 11) is 0.0120. The summed E-state index contributed by atoms with van der Waals surface area (Å²) in [5.41, 5.74) is 0.815. The fourth-order valence-electron chi connectivity index (χ4n) is 1.25. The lowest BCUT2D eigenvalue weighted by atomic mass is 10.2. The highest BCUT2D eigenvalue weighted by Gasteiger charge is 2.21. The van der Waals surface area contributed by atoms with Crippen LogP contribution in [0.2, 0.25) is 0 Å². The first kappa shape index (κ1) is 18.1. The molecule has 0 saturated heterocycles. The van der Waals surface area contributed by atoms with Crippen LogP contribution in [0.1, 0.15) is 27.2 Å². The predicted octanol–water partition coefficient (Wildman–Crippen LogP) is 0.427. The van der Waals surface area contributed by atoms with Crippen LogP contribution in [-0.2, 0) is 14.9 Å². The summed E-state index contributed by atoms with van der Waals surface area (Å²) < 4.78 is 31.9. The Labute approximate surface area is 115 Å².